The number of aliphatic imine (C=N–C) groups is 1. The van der Waals surface area contributed by atoms with Crippen molar-refractivity contribution in [1.29, 1.82) is 0 Å². The summed E-state index contributed by atoms with van der Waals surface area (Å²) < 4.78 is 0. The highest BCUT2D eigenvalue weighted by molar-refractivity contribution is 5.93. The minimum Gasteiger partial charge on any atom is -0.311 e. The fourth-order valence-electron chi connectivity index (χ4n) is 2.98. The number of aromatic nitrogens is 2. The lowest BCUT2D eigenvalue weighted by Crippen LogP contribution is -2.26. The highest BCUT2D eigenvalue weighted by atomic mass is 15.3. The molecule has 7 nitrogen and oxygen atoms in total. The molecular formula is C21H27N7. The van der Waals surface area contributed by atoms with E-state index in [2.05, 4.69) is 87.1 Å². The van der Waals surface area contributed by atoms with Gasteiger partial charge in [-0.2, -0.15) is 10.2 Å². The third-order valence-corrected chi connectivity index (χ3v) is 4.41. The lowest BCUT2D eigenvalue weighted by molar-refractivity contribution is 0.400. The first-order valence-corrected chi connectivity index (χ1v) is 9.28. The molecule has 1 heterocycles. The van der Waals surface area contributed by atoms with Gasteiger partial charge in [0, 0.05) is 37.3 Å². The number of nitrogens with zero attached hydrogens (tertiary/aromatic N) is 4. The first kappa shape index (κ1) is 19.7. The van der Waals surface area contributed by atoms with Crippen molar-refractivity contribution in [3.63, 3.8) is 0 Å². The summed E-state index contributed by atoms with van der Waals surface area (Å²) in [6.45, 7) is 6.74. The molecule has 0 unspecified atom stereocenters. The molecule has 0 saturated heterocycles. The van der Waals surface area contributed by atoms with Crippen LogP contribution in [0.3, 0.4) is 0 Å². The van der Waals surface area contributed by atoms with Gasteiger partial charge in [-0.3, -0.25) is 15.5 Å². The zero-order valence-electron chi connectivity index (χ0n) is 16.4. The van der Waals surface area contributed by atoms with Crippen molar-refractivity contribution in [1.82, 2.24) is 25.8 Å². The molecule has 0 aliphatic heterocycles. The Balaban J connectivity index is 1.77. The van der Waals surface area contributed by atoms with E-state index in [4.69, 9.17) is 0 Å². The van der Waals surface area contributed by atoms with Crippen molar-refractivity contribution in [2.45, 2.75) is 13.1 Å². The summed E-state index contributed by atoms with van der Waals surface area (Å²) in [5, 5.41) is 15.8. The Morgan fingerprint density at radius 3 is 2.89 bits per heavy atom. The first-order chi connectivity index (χ1) is 13.7. The number of hydrazone groups is 1. The number of nitrogens with one attached hydrogen (secondary N) is 3. The maximum atomic E-state index is 4.55. The Hall–Kier alpha value is -3.03. The molecule has 28 heavy (non-hydrogen) atoms. The highest BCUT2D eigenvalue weighted by Crippen LogP contribution is 2.28. The van der Waals surface area contributed by atoms with Gasteiger partial charge in [0.05, 0.1) is 17.8 Å². The Bertz CT molecular complexity index is 943. The number of H-pyrrole nitrogens is 1. The van der Waals surface area contributed by atoms with Gasteiger partial charge in [0.15, 0.2) is 0 Å². The number of aromatic amines is 1. The van der Waals surface area contributed by atoms with Crippen LogP contribution < -0.4 is 10.7 Å². The van der Waals surface area contributed by atoms with E-state index in [-0.39, 0.29) is 0 Å². The molecule has 3 aromatic rings. The molecule has 1 aromatic heterocycles. The van der Waals surface area contributed by atoms with Crippen molar-refractivity contribution in [3.8, 4) is 11.3 Å². The molecule has 0 radical (unpaired) electrons. The molecule has 0 atom stereocenters. The average molecular weight is 377 g/mol. The van der Waals surface area contributed by atoms with Crippen LogP contribution in [-0.2, 0) is 13.1 Å². The maximum absolute atomic E-state index is 4.55. The highest BCUT2D eigenvalue weighted by Gasteiger charge is 2.09. The number of rotatable bonds is 10. The summed E-state index contributed by atoms with van der Waals surface area (Å²) >= 11 is 0. The van der Waals surface area contributed by atoms with Gasteiger partial charge in [-0.05, 0) is 43.4 Å². The van der Waals surface area contributed by atoms with Crippen LogP contribution in [0.15, 0.2) is 52.6 Å². The minimum atomic E-state index is 0.568. The number of hydrogen-bond acceptors (Lipinski definition) is 5. The molecule has 0 aliphatic rings. The first-order valence-electron chi connectivity index (χ1n) is 9.28. The van der Waals surface area contributed by atoms with E-state index in [0.29, 0.717) is 6.54 Å². The summed E-state index contributed by atoms with van der Waals surface area (Å²) in [7, 11) is 4.16. The Morgan fingerprint density at radius 1 is 1.18 bits per heavy atom. The topological polar surface area (TPSA) is 80.7 Å². The predicted molar refractivity (Wildman–Crippen MR) is 117 cm³/mol. The second kappa shape index (κ2) is 9.77. The SMILES string of the molecule is C=NNC=NCc1ccc2[nH]nc(-c3cccc(CNCCN(C)C)c3)c2c1. The molecule has 7 heteroatoms. The van der Waals surface area contributed by atoms with Crippen molar-refractivity contribution in [3.05, 3.63) is 53.6 Å². The van der Waals surface area contributed by atoms with E-state index < -0.39 is 0 Å². The van der Waals surface area contributed by atoms with Gasteiger partial charge in [-0.1, -0.05) is 24.3 Å². The van der Waals surface area contributed by atoms with Crippen molar-refractivity contribution in [2.75, 3.05) is 27.2 Å². The van der Waals surface area contributed by atoms with Crippen LogP contribution in [0.5, 0.6) is 0 Å². The van der Waals surface area contributed by atoms with Crippen LogP contribution in [0.2, 0.25) is 0 Å². The molecule has 146 valence electrons. The summed E-state index contributed by atoms with van der Waals surface area (Å²) in [5.41, 5.74) is 8.06. The lowest BCUT2D eigenvalue weighted by atomic mass is 10.0. The van der Waals surface area contributed by atoms with Crippen molar-refractivity contribution in [2.24, 2.45) is 10.1 Å². The molecule has 2 aromatic carbocycles. The minimum absolute atomic E-state index is 0.568. The monoisotopic (exact) mass is 377 g/mol. The summed E-state index contributed by atoms with van der Waals surface area (Å²) in [6.07, 6.45) is 1.54. The van der Waals surface area contributed by atoms with Gasteiger partial charge in [-0.15, -0.1) is 0 Å². The Labute approximate surface area is 165 Å². The molecule has 3 rings (SSSR count). The second-order valence-corrected chi connectivity index (χ2v) is 6.89. The molecule has 3 N–H and O–H groups in total. The Morgan fingerprint density at radius 2 is 2.07 bits per heavy atom. The van der Waals surface area contributed by atoms with Crippen molar-refractivity contribution >= 4 is 24.0 Å². The Kier molecular flexibility index (Phi) is 6.89. The molecule has 0 fully saturated rings. The summed E-state index contributed by atoms with van der Waals surface area (Å²) in [5.74, 6) is 0. The quantitative estimate of drug-likeness (QED) is 0.220. The normalized spacial score (nSPS) is 11.5. The van der Waals surface area contributed by atoms with Gasteiger partial charge in [-0.25, -0.2) is 0 Å². The van der Waals surface area contributed by atoms with E-state index in [1.807, 2.05) is 12.1 Å². The number of hydrogen-bond donors (Lipinski definition) is 3. The van der Waals surface area contributed by atoms with Gasteiger partial charge in [0.2, 0.25) is 0 Å². The van der Waals surface area contributed by atoms with E-state index >= 15 is 0 Å². The largest absolute Gasteiger partial charge is 0.311 e. The lowest BCUT2D eigenvalue weighted by Gasteiger charge is -2.10. The molecule has 0 amide bonds. The molecule has 0 saturated carbocycles. The number of benzene rings is 2. The van der Waals surface area contributed by atoms with Gasteiger partial charge in [0.25, 0.3) is 0 Å². The van der Waals surface area contributed by atoms with Crippen LogP contribution in [0, 0.1) is 0 Å². The van der Waals surface area contributed by atoms with E-state index in [0.717, 1.165) is 47.4 Å². The molecular weight excluding hydrogens is 350 g/mol. The van der Waals surface area contributed by atoms with Gasteiger partial charge >= 0.3 is 0 Å². The van der Waals surface area contributed by atoms with Crippen LogP contribution in [0.1, 0.15) is 11.1 Å². The van der Waals surface area contributed by atoms with Crippen LogP contribution in [0.25, 0.3) is 22.2 Å². The van der Waals surface area contributed by atoms with E-state index in [1.165, 1.54) is 5.56 Å². The third kappa shape index (κ3) is 5.25. The molecule has 0 aliphatic carbocycles. The fourth-order valence-corrected chi connectivity index (χ4v) is 2.98. The standard InChI is InChI=1S/C21H27N7/c1-22-25-15-24-14-17-7-8-20-19(12-17)21(27-26-20)18-6-4-5-16(11-18)13-23-9-10-28(2)3/h4-8,11-12,15,23H,1,9-10,13-14H2,2-3H3,(H,24,25)(H,26,27). The van der Waals surface area contributed by atoms with E-state index in [1.54, 1.807) is 6.34 Å². The maximum Gasteiger partial charge on any atom is 0.103 e. The van der Waals surface area contributed by atoms with Gasteiger partial charge < -0.3 is 10.2 Å². The number of fused-ring (bicyclic) bond motifs is 1. The van der Waals surface area contributed by atoms with Gasteiger partial charge in [0.1, 0.15) is 6.34 Å². The summed E-state index contributed by atoms with van der Waals surface area (Å²) in [4.78, 5) is 6.45. The van der Waals surface area contributed by atoms with Crippen LogP contribution >= 0.6 is 0 Å². The smallest absolute Gasteiger partial charge is 0.103 e. The van der Waals surface area contributed by atoms with E-state index in [9.17, 15) is 0 Å². The van der Waals surface area contributed by atoms with Crippen LogP contribution in [-0.4, -0.2) is 55.3 Å². The van der Waals surface area contributed by atoms with Crippen molar-refractivity contribution < 1.29 is 0 Å². The molecule has 0 spiro atoms. The fraction of sp³-hybridized carbons (Fsp3) is 0.286. The summed E-state index contributed by atoms with van der Waals surface area (Å²) in [6, 6.07) is 14.8. The predicted octanol–water partition coefficient (Wildman–Crippen LogP) is 2.61. The average Bonchev–Trinajstić information content (AvgIpc) is 3.12. The zero-order valence-corrected chi connectivity index (χ0v) is 16.4. The number of likely N-dealkylation sites (N-methyl/N-ethyl adjacent to an activating group) is 1. The third-order valence-electron chi connectivity index (χ3n) is 4.41. The van der Waals surface area contributed by atoms with Crippen LogP contribution in [0.4, 0.5) is 0 Å². The second-order valence-electron chi connectivity index (χ2n) is 6.89. The molecule has 0 bridgehead atoms. The zero-order chi connectivity index (χ0) is 19.8.